The van der Waals surface area contributed by atoms with Crippen LogP contribution < -0.4 is 0 Å². The van der Waals surface area contributed by atoms with E-state index in [0.29, 0.717) is 6.61 Å². The average molecular weight is 431 g/mol. The Labute approximate surface area is 189 Å². The number of benzene rings is 2. The van der Waals surface area contributed by atoms with Crippen molar-refractivity contribution in [2.24, 2.45) is 0 Å². The molecular weight excluding hydrogens is 400 g/mol. The van der Waals surface area contributed by atoms with Crippen LogP contribution in [0.15, 0.2) is 48.5 Å². The second kappa shape index (κ2) is 8.79. The number of fused-ring (bicyclic) bond motifs is 3. The fourth-order valence-corrected chi connectivity index (χ4v) is 4.97. The molecule has 2 aliphatic rings. The van der Waals surface area contributed by atoms with Crippen LogP contribution in [0.25, 0.3) is 22.5 Å². The van der Waals surface area contributed by atoms with Gasteiger partial charge in [0, 0.05) is 55.8 Å². The van der Waals surface area contributed by atoms with Crippen molar-refractivity contribution in [1.29, 1.82) is 0 Å². The van der Waals surface area contributed by atoms with E-state index in [4.69, 9.17) is 4.74 Å². The number of nitrogens with zero attached hydrogens (tertiary/aromatic N) is 3. The molecule has 3 aromatic rings. The summed E-state index contributed by atoms with van der Waals surface area (Å²) in [5.41, 5.74) is 8.63. The Bertz CT molecular complexity index is 1100. The van der Waals surface area contributed by atoms with Gasteiger partial charge in [-0.1, -0.05) is 48.5 Å². The lowest BCUT2D eigenvalue weighted by molar-refractivity contribution is 0.0789. The van der Waals surface area contributed by atoms with Gasteiger partial charge in [0.25, 0.3) is 0 Å². The van der Waals surface area contributed by atoms with Crippen molar-refractivity contribution in [3.63, 3.8) is 0 Å². The first kappa shape index (κ1) is 20.8. The summed E-state index contributed by atoms with van der Waals surface area (Å²) in [5, 5.41) is 7.88. The largest absolute Gasteiger partial charge is 0.450 e. The summed E-state index contributed by atoms with van der Waals surface area (Å²) in [6.07, 6.45) is 2.68. The number of piperidine rings is 1. The third-order valence-corrected chi connectivity index (χ3v) is 6.82. The maximum atomic E-state index is 12.0. The van der Waals surface area contributed by atoms with Gasteiger partial charge in [-0.2, -0.15) is 5.10 Å². The molecule has 166 valence electrons. The topological polar surface area (TPSA) is 61.5 Å². The molecule has 32 heavy (non-hydrogen) atoms. The molecule has 1 aliphatic heterocycles. The molecule has 0 spiro atoms. The molecule has 2 aromatic carbocycles. The predicted molar refractivity (Wildman–Crippen MR) is 125 cm³/mol. The normalized spacial score (nSPS) is 15.9. The van der Waals surface area contributed by atoms with Crippen LogP contribution in [0.2, 0.25) is 0 Å². The highest BCUT2D eigenvalue weighted by atomic mass is 16.6. The molecule has 2 heterocycles. The van der Waals surface area contributed by atoms with Crippen molar-refractivity contribution in [2.45, 2.75) is 38.8 Å². The quantitative estimate of drug-likeness (QED) is 0.499. The van der Waals surface area contributed by atoms with E-state index in [2.05, 4.69) is 63.6 Å². The standard InChI is InChI=1S/C26H30N4O2/c1-3-32-26(31)29(2)21-12-14-30(15-13-21)17-18-8-10-19(11-9-18)24-23-16-20-6-4-5-7-22(20)25(23)28-27-24/h4-11,21H,3,12-17H2,1-2H3,(H,27,28). The van der Waals surface area contributed by atoms with Crippen LogP contribution in [0.3, 0.4) is 0 Å². The first-order chi connectivity index (χ1) is 15.6. The third kappa shape index (κ3) is 3.91. The van der Waals surface area contributed by atoms with Crippen LogP contribution in [0.1, 0.15) is 36.5 Å². The minimum absolute atomic E-state index is 0.213. The number of carbonyl (C=O) groups excluding carboxylic acids is 1. The van der Waals surface area contributed by atoms with Crippen molar-refractivity contribution in [2.75, 3.05) is 26.7 Å². The molecule has 0 saturated carbocycles. The minimum atomic E-state index is -0.213. The van der Waals surface area contributed by atoms with Gasteiger partial charge < -0.3 is 9.64 Å². The summed E-state index contributed by atoms with van der Waals surface area (Å²) < 4.78 is 5.13. The van der Waals surface area contributed by atoms with Crippen LogP contribution in [0.5, 0.6) is 0 Å². The van der Waals surface area contributed by atoms with Crippen molar-refractivity contribution >= 4 is 6.09 Å². The zero-order valence-corrected chi connectivity index (χ0v) is 18.8. The molecule has 1 fully saturated rings. The number of hydrogen-bond acceptors (Lipinski definition) is 4. The van der Waals surface area contributed by atoms with Gasteiger partial charge in [0.15, 0.2) is 0 Å². The molecule has 1 amide bonds. The smallest absolute Gasteiger partial charge is 0.409 e. The lowest BCUT2D eigenvalue weighted by Gasteiger charge is -2.36. The highest BCUT2D eigenvalue weighted by Gasteiger charge is 2.27. The van der Waals surface area contributed by atoms with Crippen molar-refractivity contribution in [3.8, 4) is 22.5 Å². The summed E-state index contributed by atoms with van der Waals surface area (Å²) in [4.78, 5) is 16.2. The van der Waals surface area contributed by atoms with Crippen LogP contribution >= 0.6 is 0 Å². The van der Waals surface area contributed by atoms with E-state index < -0.39 is 0 Å². The number of carbonyl (C=O) groups is 1. The van der Waals surface area contributed by atoms with E-state index in [1.807, 2.05) is 14.0 Å². The van der Waals surface area contributed by atoms with E-state index in [9.17, 15) is 4.79 Å². The van der Waals surface area contributed by atoms with Gasteiger partial charge in [0.05, 0.1) is 18.0 Å². The van der Waals surface area contributed by atoms with Gasteiger partial charge in [0.2, 0.25) is 0 Å². The molecule has 0 radical (unpaired) electrons. The zero-order chi connectivity index (χ0) is 22.1. The van der Waals surface area contributed by atoms with Crippen LogP contribution in [0, 0.1) is 0 Å². The fourth-order valence-electron chi connectivity index (χ4n) is 4.97. The number of ether oxygens (including phenoxy) is 1. The van der Waals surface area contributed by atoms with E-state index in [1.165, 1.54) is 22.3 Å². The molecular formula is C26H30N4O2. The summed E-state index contributed by atoms with van der Waals surface area (Å²) in [6, 6.07) is 17.6. The highest BCUT2D eigenvalue weighted by Crippen LogP contribution is 2.39. The van der Waals surface area contributed by atoms with Crippen LogP contribution in [0.4, 0.5) is 4.79 Å². The average Bonchev–Trinajstić information content (AvgIpc) is 3.39. The van der Waals surface area contributed by atoms with Crippen molar-refractivity contribution < 1.29 is 9.53 Å². The number of nitrogens with one attached hydrogen (secondary N) is 1. The summed E-state index contributed by atoms with van der Waals surface area (Å²) in [5.74, 6) is 0. The number of amides is 1. The maximum Gasteiger partial charge on any atom is 0.409 e. The van der Waals surface area contributed by atoms with E-state index >= 15 is 0 Å². The number of aromatic amines is 1. The van der Waals surface area contributed by atoms with Crippen LogP contribution in [-0.2, 0) is 17.7 Å². The molecule has 1 aliphatic carbocycles. The Morgan fingerprint density at radius 2 is 1.91 bits per heavy atom. The SMILES string of the molecule is CCOC(=O)N(C)C1CCN(Cc2ccc(-c3n[nH]c4c3Cc3ccccc3-4)cc2)CC1. The fraction of sp³-hybridized carbons (Fsp3) is 0.385. The van der Waals surface area contributed by atoms with E-state index in [-0.39, 0.29) is 12.1 Å². The zero-order valence-electron chi connectivity index (χ0n) is 18.8. The first-order valence-corrected chi connectivity index (χ1v) is 11.5. The summed E-state index contributed by atoms with van der Waals surface area (Å²) in [7, 11) is 1.85. The Balaban J connectivity index is 1.20. The van der Waals surface area contributed by atoms with Crippen molar-refractivity contribution in [1.82, 2.24) is 20.0 Å². The molecule has 0 unspecified atom stereocenters. The molecule has 6 nitrogen and oxygen atoms in total. The number of hydrogen-bond donors (Lipinski definition) is 1. The third-order valence-electron chi connectivity index (χ3n) is 6.82. The summed E-state index contributed by atoms with van der Waals surface area (Å²) in [6.45, 7) is 5.17. The van der Waals surface area contributed by atoms with Gasteiger partial charge in [-0.25, -0.2) is 4.79 Å². The second-order valence-corrected chi connectivity index (χ2v) is 8.77. The van der Waals surface area contributed by atoms with Gasteiger partial charge >= 0.3 is 6.09 Å². The molecule has 1 aromatic heterocycles. The molecule has 0 atom stereocenters. The van der Waals surface area contributed by atoms with Crippen LogP contribution in [-0.4, -0.2) is 58.9 Å². The molecule has 1 N–H and O–H groups in total. The Hall–Kier alpha value is -3.12. The number of aromatic nitrogens is 2. The van der Waals surface area contributed by atoms with Gasteiger partial charge in [0.1, 0.15) is 0 Å². The monoisotopic (exact) mass is 430 g/mol. The van der Waals surface area contributed by atoms with Gasteiger partial charge in [-0.15, -0.1) is 0 Å². The lowest BCUT2D eigenvalue weighted by atomic mass is 10.0. The molecule has 1 saturated heterocycles. The van der Waals surface area contributed by atoms with Crippen molar-refractivity contribution in [3.05, 3.63) is 65.2 Å². The molecule has 0 bridgehead atoms. The molecule has 6 heteroatoms. The first-order valence-electron chi connectivity index (χ1n) is 11.5. The highest BCUT2D eigenvalue weighted by molar-refractivity contribution is 5.80. The molecule has 5 rings (SSSR count). The Morgan fingerprint density at radius 1 is 1.16 bits per heavy atom. The maximum absolute atomic E-state index is 12.0. The van der Waals surface area contributed by atoms with E-state index in [0.717, 1.165) is 55.8 Å². The number of rotatable bonds is 5. The lowest BCUT2D eigenvalue weighted by Crippen LogP contribution is -2.45. The Morgan fingerprint density at radius 3 is 2.66 bits per heavy atom. The van der Waals surface area contributed by atoms with Gasteiger partial charge in [-0.05, 0) is 30.9 Å². The number of likely N-dealkylation sites (tertiary alicyclic amines) is 1. The second-order valence-electron chi connectivity index (χ2n) is 8.77. The predicted octanol–water partition coefficient (Wildman–Crippen LogP) is 4.70. The van der Waals surface area contributed by atoms with E-state index in [1.54, 1.807) is 4.90 Å². The summed E-state index contributed by atoms with van der Waals surface area (Å²) >= 11 is 0. The number of H-pyrrole nitrogens is 1. The van der Waals surface area contributed by atoms with Gasteiger partial charge in [-0.3, -0.25) is 10.00 Å². The minimum Gasteiger partial charge on any atom is -0.450 e. The Kier molecular flexibility index (Phi) is 5.70.